The lowest BCUT2D eigenvalue weighted by Crippen LogP contribution is -2.36. The minimum atomic E-state index is -3.91. The minimum Gasteiger partial charge on any atom is -0.425 e. The van der Waals surface area contributed by atoms with Crippen LogP contribution in [0.15, 0.2) is 29.6 Å². The smallest absolute Gasteiger partial charge is 0.425 e. The van der Waals surface area contributed by atoms with E-state index in [-0.39, 0.29) is 0 Å². The molecule has 0 aliphatic carbocycles. The molecule has 124 valence electrons. The summed E-state index contributed by atoms with van der Waals surface area (Å²) in [5.41, 5.74) is -2.49. The molecule has 10 heteroatoms. The maximum Gasteiger partial charge on any atom is 0.441 e. The summed E-state index contributed by atoms with van der Waals surface area (Å²) in [5.74, 6) is -2.31. The molecule has 0 amide bonds. The molecule has 1 aliphatic heterocycles. The number of rotatable bonds is 6. The molecule has 2 rings (SSSR count). The number of hydrogen-bond acceptors (Lipinski definition) is 6. The Labute approximate surface area is 128 Å². The predicted molar refractivity (Wildman–Crippen MR) is 74.0 cm³/mol. The first kappa shape index (κ1) is 16.7. The molecule has 0 unspecified atom stereocenters. The second-order valence-corrected chi connectivity index (χ2v) is 4.88. The van der Waals surface area contributed by atoms with Gasteiger partial charge in [-0.3, -0.25) is 10.1 Å². The Hall–Kier alpha value is -2.65. The normalized spacial score (nSPS) is 14.7. The van der Waals surface area contributed by atoms with E-state index < -0.39 is 39.7 Å². The lowest BCUT2D eigenvalue weighted by molar-refractivity contribution is -0.387. The number of nitro benzene ring substituents is 1. The third kappa shape index (κ3) is 3.41. The van der Waals surface area contributed by atoms with E-state index in [1.54, 1.807) is 0 Å². The fourth-order valence-electron chi connectivity index (χ4n) is 2.19. The average molecular weight is 331 g/mol. The van der Waals surface area contributed by atoms with Gasteiger partial charge in [-0.15, -0.1) is 4.91 Å². The van der Waals surface area contributed by atoms with Crippen LogP contribution in [0, 0.1) is 20.8 Å². The Bertz CT molecular complexity index is 660. The van der Waals surface area contributed by atoms with Crippen molar-refractivity contribution in [3.05, 3.63) is 45.2 Å². The molecular formula is C13H12F3N3O4. The van der Waals surface area contributed by atoms with Gasteiger partial charge in [-0.25, -0.2) is 0 Å². The van der Waals surface area contributed by atoms with Crippen LogP contribution in [0.5, 0.6) is 5.75 Å². The second kappa shape index (κ2) is 6.23. The van der Waals surface area contributed by atoms with Crippen LogP contribution >= 0.6 is 0 Å². The molecule has 0 atom stereocenters. The van der Waals surface area contributed by atoms with Crippen molar-refractivity contribution in [1.29, 1.82) is 0 Å². The maximum atomic E-state index is 14.1. The summed E-state index contributed by atoms with van der Waals surface area (Å²) in [6, 6.07) is 0.770. The van der Waals surface area contributed by atoms with Gasteiger partial charge in [0.05, 0.1) is 11.0 Å². The number of hydrogen-bond donors (Lipinski definition) is 0. The van der Waals surface area contributed by atoms with Crippen LogP contribution in [0.1, 0.15) is 12.8 Å². The fraction of sp³-hybridized carbons (Fsp3) is 0.385. The highest BCUT2D eigenvalue weighted by Gasteiger charge is 2.41. The van der Waals surface area contributed by atoms with Gasteiger partial charge < -0.3 is 9.64 Å². The maximum absolute atomic E-state index is 14.1. The summed E-state index contributed by atoms with van der Waals surface area (Å²) < 4.78 is 46.1. The lowest BCUT2D eigenvalue weighted by Gasteiger charge is -2.27. The molecule has 1 aromatic rings. The minimum absolute atomic E-state index is 0.333. The zero-order valence-corrected chi connectivity index (χ0v) is 11.8. The summed E-state index contributed by atoms with van der Waals surface area (Å²) in [7, 11) is 0. The molecule has 0 spiro atoms. The molecule has 1 fully saturated rings. The van der Waals surface area contributed by atoms with E-state index >= 15 is 0 Å². The molecular weight excluding hydrogens is 319 g/mol. The van der Waals surface area contributed by atoms with Gasteiger partial charge >= 0.3 is 11.8 Å². The van der Waals surface area contributed by atoms with Crippen molar-refractivity contribution >= 4 is 11.4 Å². The third-order valence-corrected chi connectivity index (χ3v) is 3.39. The molecule has 1 aliphatic rings. The third-order valence-electron chi connectivity index (χ3n) is 3.39. The van der Waals surface area contributed by atoms with E-state index in [2.05, 4.69) is 16.5 Å². The molecule has 0 aromatic heterocycles. The van der Waals surface area contributed by atoms with E-state index in [0.29, 0.717) is 25.2 Å². The molecule has 0 radical (unpaired) electrons. The van der Waals surface area contributed by atoms with Crippen LogP contribution in [0.4, 0.5) is 24.5 Å². The van der Waals surface area contributed by atoms with Gasteiger partial charge in [0.15, 0.2) is 11.4 Å². The number of ether oxygens (including phenoxy) is 1. The topological polar surface area (TPSA) is 85.0 Å². The highest BCUT2D eigenvalue weighted by molar-refractivity contribution is 5.58. The van der Waals surface area contributed by atoms with E-state index in [0.717, 1.165) is 12.8 Å². The predicted octanol–water partition coefficient (Wildman–Crippen LogP) is 3.71. The first-order chi connectivity index (χ1) is 10.8. The van der Waals surface area contributed by atoms with Crippen molar-refractivity contribution in [2.45, 2.75) is 19.0 Å². The first-order valence-electron chi connectivity index (χ1n) is 6.58. The molecule has 0 N–H and O–H groups in total. The SMILES string of the molecule is C=C(N1CCCC1)C(F)(F)Oc1cc(F)c([N+](=O)[O-])cc1N=O. The van der Waals surface area contributed by atoms with E-state index in [4.69, 9.17) is 0 Å². The molecule has 23 heavy (non-hydrogen) atoms. The largest absolute Gasteiger partial charge is 0.441 e. The molecule has 1 saturated heterocycles. The number of nitroso groups, excluding NO2 is 1. The number of benzene rings is 1. The number of nitrogens with zero attached hydrogens (tertiary/aromatic N) is 3. The van der Waals surface area contributed by atoms with Crippen LogP contribution in [-0.4, -0.2) is 29.0 Å². The van der Waals surface area contributed by atoms with E-state index in [9.17, 15) is 28.2 Å². The highest BCUT2D eigenvalue weighted by Crippen LogP contribution is 2.39. The fourth-order valence-corrected chi connectivity index (χ4v) is 2.19. The molecule has 1 aromatic carbocycles. The van der Waals surface area contributed by atoms with Crippen molar-refractivity contribution in [1.82, 2.24) is 4.90 Å². The first-order valence-corrected chi connectivity index (χ1v) is 6.58. The van der Waals surface area contributed by atoms with Crippen LogP contribution in [0.3, 0.4) is 0 Å². The lowest BCUT2D eigenvalue weighted by atomic mass is 10.2. The zero-order chi connectivity index (χ0) is 17.2. The Morgan fingerprint density at radius 1 is 1.39 bits per heavy atom. The average Bonchev–Trinajstić information content (AvgIpc) is 2.99. The van der Waals surface area contributed by atoms with Crippen molar-refractivity contribution in [2.24, 2.45) is 5.18 Å². The van der Waals surface area contributed by atoms with Crippen LogP contribution in [0.25, 0.3) is 0 Å². The van der Waals surface area contributed by atoms with Crippen molar-refractivity contribution in [3.63, 3.8) is 0 Å². The van der Waals surface area contributed by atoms with Crippen LogP contribution in [0.2, 0.25) is 0 Å². The quantitative estimate of drug-likeness (QED) is 0.450. The van der Waals surface area contributed by atoms with E-state index in [1.165, 1.54) is 4.90 Å². The summed E-state index contributed by atoms with van der Waals surface area (Å²) in [4.78, 5) is 21.5. The Kier molecular flexibility index (Phi) is 4.52. The van der Waals surface area contributed by atoms with Crippen LogP contribution in [-0.2, 0) is 0 Å². The molecule has 1 heterocycles. The Morgan fingerprint density at radius 3 is 2.52 bits per heavy atom. The van der Waals surface area contributed by atoms with Crippen molar-refractivity contribution < 1.29 is 22.8 Å². The van der Waals surface area contributed by atoms with Gasteiger partial charge in [-0.2, -0.15) is 13.2 Å². The summed E-state index contributed by atoms with van der Waals surface area (Å²) in [6.45, 7) is 4.03. The highest BCUT2D eigenvalue weighted by atomic mass is 19.3. The number of nitro groups is 1. The van der Waals surface area contributed by atoms with Gasteiger partial charge in [-0.1, -0.05) is 6.58 Å². The van der Waals surface area contributed by atoms with Gasteiger partial charge in [0.2, 0.25) is 5.82 Å². The summed E-state index contributed by atoms with van der Waals surface area (Å²) >= 11 is 0. The summed E-state index contributed by atoms with van der Waals surface area (Å²) in [6.07, 6.45) is -2.46. The molecule has 0 bridgehead atoms. The summed E-state index contributed by atoms with van der Waals surface area (Å²) in [5, 5.41) is 13.0. The van der Waals surface area contributed by atoms with Crippen LogP contribution < -0.4 is 4.74 Å². The van der Waals surface area contributed by atoms with Gasteiger partial charge in [0.1, 0.15) is 5.70 Å². The monoisotopic (exact) mass is 331 g/mol. The Balaban J connectivity index is 2.30. The zero-order valence-electron chi connectivity index (χ0n) is 11.8. The number of halogens is 3. The van der Waals surface area contributed by atoms with Gasteiger partial charge in [0.25, 0.3) is 0 Å². The van der Waals surface area contributed by atoms with Gasteiger partial charge in [0, 0.05) is 19.2 Å². The standard InChI is InChI=1S/C13H12F3N3O4/c1-8(18-4-2-3-5-18)13(15,16)23-12-6-9(14)11(19(21)22)7-10(12)17-20/h6-7H,1-5H2. The van der Waals surface area contributed by atoms with Crippen molar-refractivity contribution in [2.75, 3.05) is 13.1 Å². The Morgan fingerprint density at radius 2 is 2.00 bits per heavy atom. The second-order valence-electron chi connectivity index (χ2n) is 4.88. The molecule has 7 nitrogen and oxygen atoms in total. The van der Waals surface area contributed by atoms with Crippen molar-refractivity contribution in [3.8, 4) is 5.75 Å². The van der Waals surface area contributed by atoms with E-state index in [1.807, 2.05) is 0 Å². The number of likely N-dealkylation sites (tertiary alicyclic amines) is 1. The van der Waals surface area contributed by atoms with Gasteiger partial charge in [-0.05, 0) is 18.0 Å². The number of alkyl halides is 2. The molecule has 0 saturated carbocycles.